The fourth-order valence-corrected chi connectivity index (χ4v) is 5.04. The van der Waals surface area contributed by atoms with Crippen molar-refractivity contribution in [3.8, 4) is 17.3 Å². The Morgan fingerprint density at radius 2 is 2.03 bits per heavy atom. The number of amides is 1. The summed E-state index contributed by atoms with van der Waals surface area (Å²) in [7, 11) is 2.87. The van der Waals surface area contributed by atoms with E-state index in [1.807, 2.05) is 0 Å². The first-order chi connectivity index (χ1) is 17.6. The predicted molar refractivity (Wildman–Crippen MR) is 129 cm³/mol. The SMILES string of the molecule is COc1cc([C@@H](C)C(=O)N2C[C@@H](Nc3ccc(-c4nc(C(F)F)n(C)n4)c(C)n3)C3(CC3)C2)c(F)cn1. The van der Waals surface area contributed by atoms with Crippen LogP contribution < -0.4 is 10.1 Å². The highest BCUT2D eigenvalue weighted by Crippen LogP contribution is 2.54. The van der Waals surface area contributed by atoms with Crippen molar-refractivity contribution in [2.45, 2.75) is 45.1 Å². The molecule has 1 aliphatic heterocycles. The molecule has 1 saturated carbocycles. The van der Waals surface area contributed by atoms with E-state index < -0.39 is 24.0 Å². The molecule has 3 aromatic rings. The molecule has 1 spiro atoms. The maximum absolute atomic E-state index is 14.4. The number of rotatable bonds is 7. The van der Waals surface area contributed by atoms with Crippen LogP contribution in [0.4, 0.5) is 19.0 Å². The van der Waals surface area contributed by atoms with Gasteiger partial charge in [0, 0.05) is 42.7 Å². The molecule has 37 heavy (non-hydrogen) atoms. The number of methoxy groups -OCH3 is 1. The standard InChI is InChI=1S/C25H28F3N7O2/c1-13(16-9-20(37-4)29-10-17(16)26)24(36)35-11-18(25(12-35)7-8-25)31-19-6-5-15(14(2)30-19)22-32-23(21(27)28)34(3)33-22/h5-6,9-10,13,18,21H,7-8,11-12H2,1-4H3,(H,30,31)/t13-,18-/m1/s1. The number of likely N-dealkylation sites (tertiary alicyclic amines) is 1. The van der Waals surface area contributed by atoms with Crippen LogP contribution in [0.1, 0.15) is 49.2 Å². The van der Waals surface area contributed by atoms with Gasteiger partial charge in [-0.1, -0.05) is 0 Å². The molecule has 9 nitrogen and oxygen atoms in total. The minimum absolute atomic E-state index is 0.0170. The van der Waals surface area contributed by atoms with Crippen molar-refractivity contribution in [1.29, 1.82) is 0 Å². The van der Waals surface area contributed by atoms with E-state index in [-0.39, 0.29) is 34.6 Å². The number of nitrogens with zero attached hydrogens (tertiary/aromatic N) is 6. The topological polar surface area (TPSA) is 98.1 Å². The molecule has 0 unspecified atom stereocenters. The lowest BCUT2D eigenvalue weighted by atomic mass is 10.00. The Kier molecular flexibility index (Phi) is 6.28. The smallest absolute Gasteiger partial charge is 0.297 e. The quantitative estimate of drug-likeness (QED) is 0.510. The molecule has 3 aromatic heterocycles. The van der Waals surface area contributed by atoms with E-state index in [2.05, 4.69) is 25.4 Å². The second kappa shape index (κ2) is 9.31. The summed E-state index contributed by atoms with van der Waals surface area (Å²) in [5.74, 6) is -0.712. The van der Waals surface area contributed by atoms with E-state index in [1.165, 1.54) is 20.2 Å². The van der Waals surface area contributed by atoms with Crippen LogP contribution in [0.15, 0.2) is 24.4 Å². The maximum Gasteiger partial charge on any atom is 0.297 e. The summed E-state index contributed by atoms with van der Waals surface area (Å²) in [6.45, 7) is 4.52. The number of hydrogen-bond donors (Lipinski definition) is 1. The van der Waals surface area contributed by atoms with Crippen molar-refractivity contribution in [3.63, 3.8) is 0 Å². The van der Waals surface area contributed by atoms with Gasteiger partial charge < -0.3 is 15.0 Å². The number of carbonyl (C=O) groups excluding carboxylic acids is 1. The Hall–Kier alpha value is -3.70. The van der Waals surface area contributed by atoms with Gasteiger partial charge >= 0.3 is 0 Å². The van der Waals surface area contributed by atoms with Crippen LogP contribution in [0.2, 0.25) is 0 Å². The third-order valence-corrected chi connectivity index (χ3v) is 7.40. The van der Waals surface area contributed by atoms with Crippen LogP contribution in [-0.2, 0) is 11.8 Å². The Labute approximate surface area is 212 Å². The van der Waals surface area contributed by atoms with Gasteiger partial charge in [0.15, 0.2) is 11.6 Å². The number of nitrogens with one attached hydrogen (secondary N) is 1. The minimum Gasteiger partial charge on any atom is -0.481 e. The highest BCUT2D eigenvalue weighted by molar-refractivity contribution is 5.84. The molecule has 0 bridgehead atoms. The van der Waals surface area contributed by atoms with E-state index in [0.29, 0.717) is 30.2 Å². The molecule has 1 aliphatic carbocycles. The molecule has 0 aromatic carbocycles. The molecule has 5 rings (SSSR count). The van der Waals surface area contributed by atoms with E-state index in [4.69, 9.17) is 4.74 Å². The zero-order chi connectivity index (χ0) is 26.5. The molecule has 2 aliphatic rings. The summed E-state index contributed by atoms with van der Waals surface area (Å²) < 4.78 is 46.8. The molecular formula is C25H28F3N7O2. The number of aryl methyl sites for hydroxylation is 2. The molecule has 2 atom stereocenters. The Morgan fingerprint density at radius 3 is 2.65 bits per heavy atom. The van der Waals surface area contributed by atoms with Gasteiger partial charge in [0.05, 0.1) is 31.0 Å². The van der Waals surface area contributed by atoms with Crippen LogP contribution in [0.3, 0.4) is 0 Å². The monoisotopic (exact) mass is 515 g/mol. The average Bonchev–Trinajstić information content (AvgIpc) is 3.41. The normalized spacial score (nSPS) is 18.9. The number of aromatic nitrogens is 5. The molecule has 0 radical (unpaired) electrons. The summed E-state index contributed by atoms with van der Waals surface area (Å²) in [5.41, 5.74) is 1.38. The molecule has 2 fully saturated rings. The molecule has 196 valence electrons. The van der Waals surface area contributed by atoms with E-state index in [1.54, 1.807) is 30.9 Å². The summed E-state index contributed by atoms with van der Waals surface area (Å²) >= 11 is 0. The molecule has 4 heterocycles. The van der Waals surface area contributed by atoms with Crippen molar-refractivity contribution in [3.05, 3.63) is 47.3 Å². The van der Waals surface area contributed by atoms with Gasteiger partial charge in [-0.25, -0.2) is 32.8 Å². The number of halogens is 3. The molecule has 1 N–H and O–H groups in total. The van der Waals surface area contributed by atoms with Gasteiger partial charge in [0.25, 0.3) is 6.43 Å². The van der Waals surface area contributed by atoms with Crippen LogP contribution in [0.25, 0.3) is 11.4 Å². The third-order valence-electron chi connectivity index (χ3n) is 7.40. The Morgan fingerprint density at radius 1 is 1.27 bits per heavy atom. The first kappa shape index (κ1) is 25.0. The lowest BCUT2D eigenvalue weighted by Gasteiger charge is -2.22. The van der Waals surface area contributed by atoms with E-state index >= 15 is 0 Å². The van der Waals surface area contributed by atoms with E-state index in [0.717, 1.165) is 23.7 Å². The second-order valence-corrected chi connectivity index (χ2v) is 9.80. The molecular weight excluding hydrogens is 487 g/mol. The largest absolute Gasteiger partial charge is 0.481 e. The minimum atomic E-state index is -2.72. The molecule has 1 saturated heterocycles. The van der Waals surface area contributed by atoms with Gasteiger partial charge in [0.1, 0.15) is 11.6 Å². The zero-order valence-corrected chi connectivity index (χ0v) is 21.0. The van der Waals surface area contributed by atoms with Crippen LogP contribution in [0, 0.1) is 18.2 Å². The second-order valence-electron chi connectivity index (χ2n) is 9.80. The summed E-state index contributed by atoms with van der Waals surface area (Å²) in [4.78, 5) is 27.5. The number of carbonyl (C=O) groups is 1. The predicted octanol–water partition coefficient (Wildman–Crippen LogP) is 3.87. The van der Waals surface area contributed by atoms with Gasteiger partial charge in [-0.3, -0.25) is 4.79 Å². The highest BCUT2D eigenvalue weighted by atomic mass is 19.3. The van der Waals surface area contributed by atoms with Crippen molar-refractivity contribution in [2.75, 3.05) is 25.5 Å². The summed E-state index contributed by atoms with van der Waals surface area (Å²) in [6.07, 6.45) is 0.307. The number of ether oxygens (including phenoxy) is 1. The number of pyridine rings is 2. The number of hydrogen-bond acceptors (Lipinski definition) is 7. The fourth-order valence-electron chi connectivity index (χ4n) is 5.04. The zero-order valence-electron chi connectivity index (χ0n) is 21.0. The first-order valence-electron chi connectivity index (χ1n) is 12.0. The van der Waals surface area contributed by atoms with Crippen molar-refractivity contribution in [2.24, 2.45) is 12.5 Å². The fraction of sp³-hybridized carbons (Fsp3) is 0.480. The number of alkyl halides is 2. The van der Waals surface area contributed by atoms with Gasteiger partial charge in [-0.05, 0) is 38.8 Å². The van der Waals surface area contributed by atoms with Crippen molar-refractivity contribution >= 4 is 11.7 Å². The molecule has 1 amide bonds. The lowest BCUT2D eigenvalue weighted by Crippen LogP contribution is -2.34. The van der Waals surface area contributed by atoms with Crippen molar-refractivity contribution < 1.29 is 22.7 Å². The lowest BCUT2D eigenvalue weighted by molar-refractivity contribution is -0.131. The van der Waals surface area contributed by atoms with Gasteiger partial charge in [-0.15, -0.1) is 0 Å². The van der Waals surface area contributed by atoms with Crippen LogP contribution in [-0.4, -0.2) is 61.8 Å². The molecule has 12 heteroatoms. The Bertz CT molecular complexity index is 1340. The summed E-state index contributed by atoms with van der Waals surface area (Å²) in [6, 6.07) is 4.97. The third kappa shape index (κ3) is 4.60. The van der Waals surface area contributed by atoms with Gasteiger partial charge in [0.2, 0.25) is 11.8 Å². The van der Waals surface area contributed by atoms with E-state index in [9.17, 15) is 18.0 Å². The maximum atomic E-state index is 14.4. The Balaban J connectivity index is 1.31. The number of anilines is 1. The van der Waals surface area contributed by atoms with Crippen LogP contribution >= 0.6 is 0 Å². The van der Waals surface area contributed by atoms with Gasteiger partial charge in [-0.2, -0.15) is 5.10 Å². The summed E-state index contributed by atoms with van der Waals surface area (Å²) in [5, 5.41) is 7.57. The first-order valence-corrected chi connectivity index (χ1v) is 12.0. The van der Waals surface area contributed by atoms with Crippen molar-refractivity contribution in [1.82, 2.24) is 29.6 Å². The van der Waals surface area contributed by atoms with Crippen LogP contribution in [0.5, 0.6) is 5.88 Å². The average molecular weight is 516 g/mol. The highest BCUT2D eigenvalue weighted by Gasteiger charge is 2.56.